The minimum atomic E-state index is -0.185. The van der Waals surface area contributed by atoms with Crippen LogP contribution >= 0.6 is 12.4 Å². The van der Waals surface area contributed by atoms with Gasteiger partial charge in [0.25, 0.3) is 0 Å². The van der Waals surface area contributed by atoms with Crippen molar-refractivity contribution in [2.45, 2.75) is 38.6 Å². The molecule has 1 atom stereocenters. The van der Waals surface area contributed by atoms with Crippen LogP contribution in [-0.4, -0.2) is 35.4 Å². The predicted octanol–water partition coefficient (Wildman–Crippen LogP) is 3.65. The third-order valence-electron chi connectivity index (χ3n) is 5.06. The van der Waals surface area contributed by atoms with Crippen molar-refractivity contribution >= 4 is 18.3 Å². The molecule has 3 rings (SSSR count). The van der Waals surface area contributed by atoms with Gasteiger partial charge in [0.15, 0.2) is 0 Å². The number of halogens is 1. The smallest absolute Gasteiger partial charge is 0.224 e. The molecule has 1 aliphatic heterocycles. The van der Waals surface area contributed by atoms with Gasteiger partial charge in [0.05, 0.1) is 6.04 Å². The van der Waals surface area contributed by atoms with Crippen LogP contribution in [0.25, 0.3) is 0 Å². The Labute approximate surface area is 162 Å². The molecule has 2 aromatic rings. The molecule has 5 heteroatoms. The van der Waals surface area contributed by atoms with Gasteiger partial charge in [-0.1, -0.05) is 49.7 Å². The fourth-order valence-electron chi connectivity index (χ4n) is 3.46. The van der Waals surface area contributed by atoms with E-state index in [0.29, 0.717) is 6.42 Å². The lowest BCUT2D eigenvalue weighted by Crippen LogP contribution is -2.49. The van der Waals surface area contributed by atoms with Crippen molar-refractivity contribution in [2.75, 3.05) is 19.6 Å². The van der Waals surface area contributed by atoms with Crippen LogP contribution < -0.4 is 5.32 Å². The van der Waals surface area contributed by atoms with Gasteiger partial charge in [-0.15, -0.1) is 12.4 Å². The normalized spacial score (nSPS) is 17.5. The van der Waals surface area contributed by atoms with E-state index in [1.807, 2.05) is 17.2 Å². The van der Waals surface area contributed by atoms with Gasteiger partial charge in [-0.2, -0.15) is 0 Å². The van der Waals surface area contributed by atoms with Crippen molar-refractivity contribution in [3.8, 4) is 0 Å². The maximum atomic E-state index is 13.1. The number of piperazine rings is 1. The van der Waals surface area contributed by atoms with Crippen LogP contribution in [0.15, 0.2) is 48.8 Å². The van der Waals surface area contributed by atoms with Crippen molar-refractivity contribution in [1.29, 1.82) is 0 Å². The van der Waals surface area contributed by atoms with Crippen molar-refractivity contribution in [1.82, 2.24) is 15.2 Å². The number of amides is 1. The van der Waals surface area contributed by atoms with Crippen LogP contribution in [0.1, 0.15) is 43.0 Å². The average molecular weight is 374 g/mol. The monoisotopic (exact) mass is 373 g/mol. The summed E-state index contributed by atoms with van der Waals surface area (Å²) in [6, 6.07) is 12.6. The molecule has 140 valence electrons. The molecule has 0 aliphatic carbocycles. The van der Waals surface area contributed by atoms with Gasteiger partial charge in [-0.3, -0.25) is 9.78 Å². The van der Waals surface area contributed by atoms with Crippen LogP contribution in [0.2, 0.25) is 0 Å². The number of carbonyl (C=O) groups is 1. The van der Waals surface area contributed by atoms with E-state index in [4.69, 9.17) is 0 Å². The highest BCUT2D eigenvalue weighted by molar-refractivity contribution is 5.85. The van der Waals surface area contributed by atoms with Crippen LogP contribution in [0.5, 0.6) is 0 Å². The highest BCUT2D eigenvalue weighted by atomic mass is 35.5. The van der Waals surface area contributed by atoms with Crippen molar-refractivity contribution in [3.05, 3.63) is 65.5 Å². The van der Waals surface area contributed by atoms with Gasteiger partial charge < -0.3 is 10.2 Å². The largest absolute Gasteiger partial charge is 0.333 e. The van der Waals surface area contributed by atoms with E-state index in [1.165, 1.54) is 11.1 Å². The fourth-order valence-corrected chi connectivity index (χ4v) is 3.46. The van der Waals surface area contributed by atoms with Crippen LogP contribution in [0.4, 0.5) is 0 Å². The number of pyridine rings is 1. The quantitative estimate of drug-likeness (QED) is 0.889. The van der Waals surface area contributed by atoms with E-state index in [1.54, 1.807) is 6.20 Å². The third kappa shape index (κ3) is 4.63. The highest BCUT2D eigenvalue weighted by Crippen LogP contribution is 2.30. The molecular weight excluding hydrogens is 346 g/mol. The molecule has 1 N–H and O–H groups in total. The second-order valence-corrected chi connectivity index (χ2v) is 7.52. The number of benzene rings is 1. The van der Waals surface area contributed by atoms with Gasteiger partial charge in [-0.25, -0.2) is 0 Å². The first-order chi connectivity index (χ1) is 12.0. The molecular formula is C21H28ClN3O. The highest BCUT2D eigenvalue weighted by Gasteiger charge is 2.32. The first-order valence-electron chi connectivity index (χ1n) is 8.95. The number of hydrogen-bond acceptors (Lipinski definition) is 3. The second kappa shape index (κ2) is 8.65. The van der Waals surface area contributed by atoms with Gasteiger partial charge in [0, 0.05) is 38.4 Å². The van der Waals surface area contributed by atoms with Gasteiger partial charge in [0.1, 0.15) is 0 Å². The first kappa shape index (κ1) is 20.4. The lowest BCUT2D eigenvalue weighted by Gasteiger charge is -2.38. The molecule has 1 saturated heterocycles. The third-order valence-corrected chi connectivity index (χ3v) is 5.06. The number of aryl methyl sites for hydroxylation is 1. The Morgan fingerprint density at radius 3 is 2.65 bits per heavy atom. The van der Waals surface area contributed by atoms with E-state index >= 15 is 0 Å². The summed E-state index contributed by atoms with van der Waals surface area (Å²) in [5.41, 5.74) is 3.36. The number of nitrogens with one attached hydrogen (secondary N) is 1. The van der Waals surface area contributed by atoms with E-state index in [9.17, 15) is 4.79 Å². The maximum Gasteiger partial charge on any atom is 0.224 e. The van der Waals surface area contributed by atoms with Crippen LogP contribution in [-0.2, 0) is 10.2 Å². The van der Waals surface area contributed by atoms with Gasteiger partial charge in [-0.05, 0) is 29.5 Å². The SMILES string of the molecule is Cc1ccc(C(C)(C)CC(=O)N2CCNCC2c2cccnc2)cc1.Cl. The Hall–Kier alpha value is -1.91. The zero-order valence-electron chi connectivity index (χ0n) is 15.7. The molecule has 1 aromatic carbocycles. The number of hydrogen-bond donors (Lipinski definition) is 1. The summed E-state index contributed by atoms with van der Waals surface area (Å²) in [6.45, 7) is 8.74. The van der Waals surface area contributed by atoms with Crippen LogP contribution in [0, 0.1) is 6.92 Å². The van der Waals surface area contributed by atoms with Gasteiger partial charge in [0.2, 0.25) is 5.91 Å². The minimum absolute atomic E-state index is 0. The Kier molecular flexibility index (Phi) is 6.79. The second-order valence-electron chi connectivity index (χ2n) is 7.52. The maximum absolute atomic E-state index is 13.1. The number of rotatable bonds is 4. The lowest BCUT2D eigenvalue weighted by atomic mass is 9.80. The summed E-state index contributed by atoms with van der Waals surface area (Å²) in [7, 11) is 0. The summed E-state index contributed by atoms with van der Waals surface area (Å²) in [6.07, 6.45) is 4.14. The fraction of sp³-hybridized carbons (Fsp3) is 0.429. The molecule has 0 spiro atoms. The Balaban J connectivity index is 0.00000243. The molecule has 0 bridgehead atoms. The number of aromatic nitrogens is 1. The molecule has 2 heterocycles. The summed E-state index contributed by atoms with van der Waals surface area (Å²) >= 11 is 0. The Bertz CT molecular complexity index is 716. The molecule has 0 saturated carbocycles. The van der Waals surface area contributed by atoms with E-state index in [-0.39, 0.29) is 29.8 Å². The lowest BCUT2D eigenvalue weighted by molar-refractivity contribution is -0.135. The molecule has 1 unspecified atom stereocenters. The number of nitrogens with zero attached hydrogens (tertiary/aromatic N) is 2. The van der Waals surface area contributed by atoms with Crippen LogP contribution in [0.3, 0.4) is 0 Å². The average Bonchev–Trinajstić information content (AvgIpc) is 2.62. The number of carbonyl (C=O) groups excluding carboxylic acids is 1. The molecule has 0 radical (unpaired) electrons. The summed E-state index contributed by atoms with van der Waals surface area (Å²) in [5.74, 6) is 0.209. The first-order valence-corrected chi connectivity index (χ1v) is 8.95. The molecule has 1 aliphatic rings. The molecule has 4 nitrogen and oxygen atoms in total. The summed E-state index contributed by atoms with van der Waals surface area (Å²) in [4.78, 5) is 19.4. The minimum Gasteiger partial charge on any atom is -0.333 e. The summed E-state index contributed by atoms with van der Waals surface area (Å²) in [5, 5.41) is 3.40. The predicted molar refractivity (Wildman–Crippen MR) is 108 cm³/mol. The van der Waals surface area contributed by atoms with E-state index in [0.717, 1.165) is 25.2 Å². The van der Waals surface area contributed by atoms with E-state index < -0.39 is 0 Å². The summed E-state index contributed by atoms with van der Waals surface area (Å²) < 4.78 is 0. The zero-order chi connectivity index (χ0) is 17.9. The molecule has 1 aromatic heterocycles. The van der Waals surface area contributed by atoms with Gasteiger partial charge >= 0.3 is 0 Å². The van der Waals surface area contributed by atoms with Crippen molar-refractivity contribution in [2.24, 2.45) is 0 Å². The Morgan fingerprint density at radius 2 is 2.00 bits per heavy atom. The topological polar surface area (TPSA) is 45.2 Å². The van der Waals surface area contributed by atoms with Crippen molar-refractivity contribution < 1.29 is 4.79 Å². The molecule has 1 fully saturated rings. The van der Waals surface area contributed by atoms with E-state index in [2.05, 4.69) is 61.4 Å². The molecule has 1 amide bonds. The van der Waals surface area contributed by atoms with Crippen molar-refractivity contribution in [3.63, 3.8) is 0 Å². The zero-order valence-corrected chi connectivity index (χ0v) is 16.6. The standard InChI is InChI=1S/C21H27N3O.ClH/c1-16-6-8-18(9-7-16)21(2,3)13-20(25)24-12-11-23-15-19(24)17-5-4-10-22-14-17;/h4-10,14,19,23H,11-13,15H2,1-3H3;1H. The molecule has 26 heavy (non-hydrogen) atoms. The Morgan fingerprint density at radius 1 is 1.27 bits per heavy atom.